The molecule has 480 valence electrons. The van der Waals surface area contributed by atoms with Crippen molar-refractivity contribution >= 4 is 45.9 Å². The predicted molar refractivity (Wildman–Crippen MR) is 315 cm³/mol. The van der Waals surface area contributed by atoms with E-state index in [0.29, 0.717) is 97.0 Å². The lowest BCUT2D eigenvalue weighted by atomic mass is 10.1. The molecule has 2 heterocycles. The van der Waals surface area contributed by atoms with Gasteiger partial charge in [-0.25, -0.2) is 40.1 Å². The summed E-state index contributed by atoms with van der Waals surface area (Å²) in [4.78, 5) is 30.5. The van der Waals surface area contributed by atoms with Crippen LogP contribution in [0.15, 0.2) is 111 Å². The van der Waals surface area contributed by atoms with E-state index >= 15 is 0 Å². The molecule has 0 aliphatic rings. The Hall–Kier alpha value is -8.57. The maximum absolute atomic E-state index is 14.8. The molecule has 32 heteroatoms. The van der Waals surface area contributed by atoms with Crippen molar-refractivity contribution in [2.75, 3.05) is 92.4 Å². The van der Waals surface area contributed by atoms with Gasteiger partial charge in [0.15, 0.2) is 46.7 Å². The largest absolute Gasteiger partial charge is 0.451 e. The van der Waals surface area contributed by atoms with Crippen LogP contribution in [0.25, 0.3) is 12.2 Å². The molecule has 0 radical (unpaired) electrons. The summed E-state index contributed by atoms with van der Waals surface area (Å²) in [6.45, 7) is 9.26. The van der Waals surface area contributed by atoms with Crippen molar-refractivity contribution in [3.63, 3.8) is 0 Å². The number of benzene rings is 4. The van der Waals surface area contributed by atoms with Crippen LogP contribution >= 0.6 is 0 Å². The minimum Gasteiger partial charge on any atom is -0.451 e. The van der Waals surface area contributed by atoms with Gasteiger partial charge in [0.2, 0.25) is 10.0 Å². The molecule has 4 aromatic carbocycles. The lowest BCUT2D eigenvalue weighted by Crippen LogP contribution is -2.27. The molecule has 27 nitrogen and oxygen atoms in total. The lowest BCUT2D eigenvalue weighted by Gasteiger charge is -2.11. The molecule has 10 N–H and O–H groups in total. The number of ether oxygens (including phenoxy) is 9. The summed E-state index contributed by atoms with van der Waals surface area (Å²) in [5.41, 5.74) is 23.2. The number of hydrogen-bond donors (Lipinski definition) is 6. The van der Waals surface area contributed by atoms with Crippen molar-refractivity contribution in [3.8, 4) is 23.0 Å². The molecule has 0 bridgehead atoms. The molecule has 6 rings (SSSR count). The van der Waals surface area contributed by atoms with Crippen LogP contribution in [-0.2, 0) is 85.6 Å². The Kier molecular flexibility index (Phi) is 28.6. The number of halogens is 4. The molecule has 6 aromatic rings. The van der Waals surface area contributed by atoms with E-state index in [-0.39, 0.29) is 78.2 Å². The van der Waals surface area contributed by atoms with Crippen molar-refractivity contribution < 1.29 is 78.2 Å². The Bertz CT molecular complexity index is 3430. The lowest BCUT2D eigenvalue weighted by molar-refractivity contribution is -0.115. The Balaban J connectivity index is 0.704. The Labute approximate surface area is 510 Å². The highest BCUT2D eigenvalue weighted by molar-refractivity contribution is 7.89. The van der Waals surface area contributed by atoms with Gasteiger partial charge >= 0.3 is 0 Å². The van der Waals surface area contributed by atoms with E-state index in [2.05, 4.69) is 40.6 Å². The fourth-order valence-corrected chi connectivity index (χ4v) is 8.56. The maximum Gasteiger partial charge on any atom is 0.275 e. The predicted octanol–water partition coefficient (Wildman–Crippen LogP) is 4.00. The van der Waals surface area contributed by atoms with Crippen molar-refractivity contribution in [1.82, 2.24) is 40.0 Å². The number of nitrogens with one attached hydrogen (secondary N) is 2. The van der Waals surface area contributed by atoms with Crippen LogP contribution in [0.1, 0.15) is 41.9 Å². The standard InChI is InChI=1S/C57H70F4N14O13S/c1-38(54(76)68-56(62)63)27-41-29-48(58)52(49(59)30-41)87-45-5-3-40(4-6-45)33-66-11-15-80-19-23-84-25-21-82-17-13-74-34-43(70-72-74)36-86-37-44-35-75(73-71-44)14-18-83-22-26-85-24-20-81-16-12-67-89(78,79)47-9-7-46(8-10-47)88-53-50(60)31-42(32-51(53)61)28-39(2)55(77)69-57(64)65/h3-10,27-32,34-35,66-67H,11-26,33,36-37H2,1-2H3,(H4,62,63,68,76)(H4,64,65,69,77)/b38-27+,39-28+. The Morgan fingerprint density at radius 3 is 1.34 bits per heavy atom. The molecule has 2 aromatic heterocycles. The quantitative estimate of drug-likeness (QED) is 0.0104. The summed E-state index contributed by atoms with van der Waals surface area (Å²) < 4.78 is 140. The first-order valence-corrected chi connectivity index (χ1v) is 29.0. The number of guanidine groups is 2. The van der Waals surface area contributed by atoms with Crippen LogP contribution in [0.5, 0.6) is 23.0 Å². The number of aliphatic imine (C=N–C) groups is 2. The van der Waals surface area contributed by atoms with E-state index in [1.165, 1.54) is 50.3 Å². The number of carbonyl (C=O) groups excluding carboxylic acids is 2. The third-order valence-corrected chi connectivity index (χ3v) is 13.3. The number of rotatable bonds is 40. The second-order valence-corrected chi connectivity index (χ2v) is 20.7. The minimum absolute atomic E-state index is 0.0177. The van der Waals surface area contributed by atoms with Crippen LogP contribution in [0.3, 0.4) is 0 Å². The van der Waals surface area contributed by atoms with Gasteiger partial charge in [-0.3, -0.25) is 9.59 Å². The summed E-state index contributed by atoms with van der Waals surface area (Å²) in [6.07, 6.45) is 5.99. The third-order valence-electron chi connectivity index (χ3n) is 11.8. The van der Waals surface area contributed by atoms with E-state index in [9.17, 15) is 35.6 Å². The number of nitrogens with two attached hydrogens (primary N) is 4. The van der Waals surface area contributed by atoms with Crippen molar-refractivity contribution in [1.29, 1.82) is 0 Å². The number of hydrogen-bond acceptors (Lipinski definition) is 18. The van der Waals surface area contributed by atoms with Crippen LogP contribution in [-0.4, -0.2) is 155 Å². The smallest absolute Gasteiger partial charge is 0.275 e. The average molecular weight is 1270 g/mol. The van der Waals surface area contributed by atoms with Crippen LogP contribution < -0.4 is 42.4 Å². The summed E-state index contributed by atoms with van der Waals surface area (Å²) in [6, 6.07) is 15.6. The van der Waals surface area contributed by atoms with Gasteiger partial charge in [-0.05, 0) is 103 Å². The Morgan fingerprint density at radius 2 is 0.921 bits per heavy atom. The molecule has 0 aliphatic carbocycles. The first-order chi connectivity index (χ1) is 42.8. The summed E-state index contributed by atoms with van der Waals surface area (Å²) in [7, 11) is -3.94. The average Bonchev–Trinajstić information content (AvgIpc) is 4.22. The second-order valence-electron chi connectivity index (χ2n) is 19.0. The zero-order valence-electron chi connectivity index (χ0n) is 48.8. The van der Waals surface area contributed by atoms with Crippen molar-refractivity contribution in [2.45, 2.75) is 51.6 Å². The molecule has 0 atom stereocenters. The van der Waals surface area contributed by atoms with Gasteiger partial charge in [-0.2, -0.15) is 9.98 Å². The van der Waals surface area contributed by atoms with E-state index in [1.807, 2.05) is 0 Å². The molecule has 0 unspecified atom stereocenters. The SMILES string of the molecule is C/C(=C\c1cc(F)c(Oc2ccc(CNCCOCCOCCOCCn3cc(COCc4cn(CCOCCOCCOCCNS(=O)(=O)c5ccc(Oc6c(F)cc(/C=C(\C)C(=O)N=C(N)N)cc6F)cc5)nn4)nn3)cc2)c(F)c1)C(=O)N=C(N)N. The number of amides is 2. The fourth-order valence-electron chi connectivity index (χ4n) is 7.55. The zero-order chi connectivity index (χ0) is 64.0. The van der Waals surface area contributed by atoms with Gasteiger partial charge in [0, 0.05) is 30.8 Å². The highest BCUT2D eigenvalue weighted by atomic mass is 32.2. The highest BCUT2D eigenvalue weighted by Crippen LogP contribution is 2.32. The van der Waals surface area contributed by atoms with Gasteiger partial charge in [0.25, 0.3) is 11.8 Å². The van der Waals surface area contributed by atoms with E-state index in [4.69, 9.17) is 65.6 Å². The van der Waals surface area contributed by atoms with E-state index < -0.39 is 68.5 Å². The summed E-state index contributed by atoms with van der Waals surface area (Å²) >= 11 is 0. The number of carbonyl (C=O) groups is 2. The first kappa shape index (κ1) is 69.5. The second kappa shape index (κ2) is 36.7. The molecule has 0 saturated heterocycles. The normalized spacial score (nSPS) is 11.9. The number of nitrogens with zero attached hydrogens (tertiary/aromatic N) is 8. The van der Waals surface area contributed by atoms with Crippen LogP contribution in [0.2, 0.25) is 0 Å². The highest BCUT2D eigenvalue weighted by Gasteiger charge is 2.19. The topological polar surface area (TPSA) is 366 Å². The van der Waals surface area contributed by atoms with Gasteiger partial charge < -0.3 is 70.9 Å². The molecule has 0 fully saturated rings. The summed E-state index contributed by atoms with van der Waals surface area (Å²) in [5, 5.41) is 19.7. The molecule has 0 saturated carbocycles. The monoisotopic (exact) mass is 1270 g/mol. The fraction of sp³-hybridized carbons (Fsp3) is 0.368. The molecule has 89 heavy (non-hydrogen) atoms. The van der Waals surface area contributed by atoms with E-state index in [1.54, 1.807) is 46.0 Å². The van der Waals surface area contributed by atoms with Gasteiger partial charge in [-0.1, -0.05) is 22.6 Å². The Morgan fingerprint density at radius 1 is 0.539 bits per heavy atom. The minimum atomic E-state index is -3.94. The van der Waals surface area contributed by atoms with Crippen LogP contribution in [0.4, 0.5) is 17.6 Å². The summed E-state index contributed by atoms with van der Waals surface area (Å²) in [5.74, 6) is -7.53. The number of sulfonamides is 1. The molecule has 0 aliphatic heterocycles. The van der Waals surface area contributed by atoms with Gasteiger partial charge in [0.05, 0.1) is 123 Å². The van der Waals surface area contributed by atoms with Crippen molar-refractivity contribution in [3.05, 3.63) is 148 Å². The zero-order valence-corrected chi connectivity index (χ0v) is 49.6. The van der Waals surface area contributed by atoms with E-state index in [0.717, 1.165) is 29.8 Å². The van der Waals surface area contributed by atoms with Gasteiger partial charge in [-0.15, -0.1) is 10.2 Å². The third kappa shape index (κ3) is 25.2. The van der Waals surface area contributed by atoms with Crippen molar-refractivity contribution in [2.24, 2.45) is 32.9 Å². The molecular weight excluding hydrogens is 1200 g/mol. The number of aromatic nitrogens is 6. The first-order valence-electron chi connectivity index (χ1n) is 27.5. The molecular formula is C57H70F4N14O13S. The van der Waals surface area contributed by atoms with Crippen LogP contribution in [0, 0.1) is 23.3 Å². The van der Waals surface area contributed by atoms with Gasteiger partial charge in [0.1, 0.15) is 22.9 Å². The maximum atomic E-state index is 14.8. The molecule has 2 amide bonds. The molecule has 0 spiro atoms.